The fourth-order valence-corrected chi connectivity index (χ4v) is 5.05. The number of hydrogen-bond acceptors (Lipinski definition) is 1. The molecule has 0 saturated heterocycles. The Kier molecular flexibility index (Phi) is 7.96. The first kappa shape index (κ1) is 28.2. The number of halogens is 8. The average molecular weight is 545 g/mol. The first-order chi connectivity index (χ1) is 18.0. The summed E-state index contributed by atoms with van der Waals surface area (Å²) in [5.41, 5.74) is -3.93. The monoisotopic (exact) mass is 544 g/mol. The van der Waals surface area contributed by atoms with Crippen LogP contribution in [0.25, 0.3) is 5.57 Å². The Morgan fingerprint density at radius 2 is 1.47 bits per heavy atom. The quantitative estimate of drug-likeness (QED) is 0.226. The van der Waals surface area contributed by atoms with E-state index in [0.717, 1.165) is 31.1 Å². The largest absolute Gasteiger partial charge is 0.490 e. The fourth-order valence-electron chi connectivity index (χ4n) is 5.05. The van der Waals surface area contributed by atoms with Gasteiger partial charge in [-0.25, -0.2) is 13.2 Å². The number of alkyl halides is 5. The van der Waals surface area contributed by atoms with E-state index in [9.17, 15) is 13.2 Å². The van der Waals surface area contributed by atoms with Crippen LogP contribution in [0.1, 0.15) is 61.8 Å². The number of allylic oxidation sites excluding steroid dienone is 3. The number of fused-ring (bicyclic) bond motifs is 2. The second-order valence-corrected chi connectivity index (χ2v) is 9.73. The van der Waals surface area contributed by atoms with Crippen molar-refractivity contribution in [2.45, 2.75) is 70.4 Å². The molecule has 0 N–H and O–H groups in total. The zero-order chi connectivity index (χ0) is 27.8. The molecule has 0 bridgehead atoms. The number of aryl methyl sites for hydroxylation is 2. The van der Waals surface area contributed by atoms with Crippen molar-refractivity contribution in [1.29, 1.82) is 0 Å². The van der Waals surface area contributed by atoms with Crippen molar-refractivity contribution >= 4 is 5.57 Å². The van der Waals surface area contributed by atoms with E-state index in [1.54, 1.807) is 6.92 Å². The topological polar surface area (TPSA) is 9.23 Å². The van der Waals surface area contributed by atoms with Crippen LogP contribution < -0.4 is 4.74 Å². The molecule has 2 atom stereocenters. The van der Waals surface area contributed by atoms with Gasteiger partial charge in [-0.15, -0.1) is 0 Å². The van der Waals surface area contributed by atoms with Crippen LogP contribution in [0, 0.1) is 23.4 Å². The molecule has 2 aromatic rings. The maximum Gasteiger partial charge on any atom is 0.342 e. The van der Waals surface area contributed by atoms with E-state index in [-0.39, 0.29) is 17.5 Å². The van der Waals surface area contributed by atoms with Gasteiger partial charge in [0.15, 0.2) is 11.6 Å². The first-order valence-corrected chi connectivity index (χ1v) is 12.7. The molecule has 0 amide bonds. The Bertz CT molecular complexity index is 1260. The Balaban J connectivity index is 1.61. The van der Waals surface area contributed by atoms with Gasteiger partial charge in [0, 0.05) is 11.5 Å². The third kappa shape index (κ3) is 4.62. The lowest BCUT2D eigenvalue weighted by Gasteiger charge is -2.40. The van der Waals surface area contributed by atoms with Crippen LogP contribution in [0.2, 0.25) is 0 Å². The van der Waals surface area contributed by atoms with Gasteiger partial charge in [-0.2, -0.15) is 22.0 Å². The van der Waals surface area contributed by atoms with Crippen molar-refractivity contribution in [2.24, 2.45) is 5.92 Å². The summed E-state index contributed by atoms with van der Waals surface area (Å²) in [6.45, 7) is 2.95. The highest BCUT2D eigenvalue weighted by Crippen LogP contribution is 2.58. The zero-order valence-electron chi connectivity index (χ0n) is 21.0. The molecule has 1 nitrogen and oxygen atoms in total. The van der Waals surface area contributed by atoms with Crippen LogP contribution in [0.5, 0.6) is 5.75 Å². The predicted octanol–water partition coefficient (Wildman–Crippen LogP) is 8.89. The van der Waals surface area contributed by atoms with Gasteiger partial charge in [-0.3, -0.25) is 0 Å². The lowest BCUT2D eigenvalue weighted by molar-refractivity contribution is -0.201. The summed E-state index contributed by atoms with van der Waals surface area (Å²) in [5.74, 6) is -15.9. The number of unbranched alkanes of at least 4 members (excludes halogenated alkanes) is 2. The second-order valence-electron chi connectivity index (χ2n) is 9.73. The minimum Gasteiger partial charge on any atom is -0.490 e. The van der Waals surface area contributed by atoms with Crippen molar-refractivity contribution in [2.75, 3.05) is 6.61 Å². The normalized spacial score (nSPS) is 21.3. The fraction of sp³-hybridized carbons (Fsp3) is 0.448. The predicted molar refractivity (Wildman–Crippen MR) is 129 cm³/mol. The SMILES string of the molecule is CCCCCc1ccc(OCC2C=CC3=C(C2F)C(F)(F)C(F)(F)c2c3ccc(CCC)c2F)c(F)c1F. The first-order valence-electron chi connectivity index (χ1n) is 12.7. The number of ether oxygens (including phenoxy) is 1. The molecule has 0 saturated carbocycles. The Labute approximate surface area is 216 Å². The lowest BCUT2D eigenvalue weighted by atomic mass is 9.73. The molecular weight excluding hydrogens is 516 g/mol. The van der Waals surface area contributed by atoms with E-state index < -0.39 is 76.0 Å². The minimum absolute atomic E-state index is 0.0739. The standard InChI is InChI=1S/C29H28F8O/c1-3-5-6-8-17-11-14-21(27(33)26(17)32)38-15-18-10-13-20-19-12-9-16(7-4-2)24(30)22(19)28(34,35)29(36,37)23(20)25(18)31/h9-14,18,25H,3-8,15H2,1-2H3. The van der Waals surface area contributed by atoms with Crippen LogP contribution in [-0.4, -0.2) is 18.7 Å². The van der Waals surface area contributed by atoms with Gasteiger partial charge in [0.2, 0.25) is 5.82 Å². The second kappa shape index (κ2) is 10.7. The van der Waals surface area contributed by atoms with E-state index in [1.165, 1.54) is 18.2 Å². The highest BCUT2D eigenvalue weighted by atomic mass is 19.3. The summed E-state index contributed by atoms with van der Waals surface area (Å²) in [6.07, 6.45) is 2.73. The molecule has 0 aliphatic heterocycles. The molecule has 0 fully saturated rings. The summed E-state index contributed by atoms with van der Waals surface area (Å²) in [7, 11) is 0. The van der Waals surface area contributed by atoms with Crippen LogP contribution in [-0.2, 0) is 18.8 Å². The highest BCUT2D eigenvalue weighted by Gasteiger charge is 2.67. The van der Waals surface area contributed by atoms with Gasteiger partial charge in [0.1, 0.15) is 12.0 Å². The van der Waals surface area contributed by atoms with Gasteiger partial charge in [-0.1, -0.05) is 63.5 Å². The summed E-state index contributed by atoms with van der Waals surface area (Å²) in [4.78, 5) is 0. The average Bonchev–Trinajstić information content (AvgIpc) is 2.86. The summed E-state index contributed by atoms with van der Waals surface area (Å²) < 4.78 is 125. The lowest BCUT2D eigenvalue weighted by Crippen LogP contribution is -2.49. The molecule has 0 spiro atoms. The third-order valence-corrected chi connectivity index (χ3v) is 7.14. The molecule has 2 aliphatic carbocycles. The van der Waals surface area contributed by atoms with Crippen molar-refractivity contribution < 1.29 is 39.9 Å². The highest BCUT2D eigenvalue weighted by molar-refractivity contribution is 5.84. The van der Waals surface area contributed by atoms with Crippen LogP contribution in [0.15, 0.2) is 42.0 Å². The zero-order valence-corrected chi connectivity index (χ0v) is 21.0. The molecule has 9 heteroatoms. The number of rotatable bonds is 9. The van der Waals surface area contributed by atoms with E-state index in [0.29, 0.717) is 19.3 Å². The van der Waals surface area contributed by atoms with Crippen molar-refractivity contribution in [3.05, 3.63) is 81.7 Å². The van der Waals surface area contributed by atoms with Gasteiger partial charge in [-0.05, 0) is 47.6 Å². The molecule has 0 aromatic heterocycles. The Morgan fingerprint density at radius 3 is 2.16 bits per heavy atom. The van der Waals surface area contributed by atoms with Crippen molar-refractivity contribution in [3.63, 3.8) is 0 Å². The molecule has 0 radical (unpaired) electrons. The maximum atomic E-state index is 15.5. The van der Waals surface area contributed by atoms with E-state index in [1.807, 2.05) is 6.92 Å². The van der Waals surface area contributed by atoms with Gasteiger partial charge < -0.3 is 4.74 Å². The molecule has 38 heavy (non-hydrogen) atoms. The van der Waals surface area contributed by atoms with Gasteiger partial charge in [0.25, 0.3) is 0 Å². The van der Waals surface area contributed by atoms with E-state index >= 15 is 22.0 Å². The van der Waals surface area contributed by atoms with E-state index in [4.69, 9.17) is 4.74 Å². The third-order valence-electron chi connectivity index (χ3n) is 7.14. The molecule has 2 unspecified atom stereocenters. The van der Waals surface area contributed by atoms with E-state index in [2.05, 4.69) is 0 Å². The molecule has 2 aromatic carbocycles. The molecule has 206 valence electrons. The van der Waals surface area contributed by atoms with Gasteiger partial charge in [0.05, 0.1) is 12.2 Å². The van der Waals surface area contributed by atoms with Crippen LogP contribution in [0.4, 0.5) is 35.1 Å². The maximum absolute atomic E-state index is 15.5. The summed E-state index contributed by atoms with van der Waals surface area (Å²) >= 11 is 0. The van der Waals surface area contributed by atoms with Crippen LogP contribution in [0.3, 0.4) is 0 Å². The Morgan fingerprint density at radius 1 is 0.789 bits per heavy atom. The summed E-state index contributed by atoms with van der Waals surface area (Å²) in [5, 5.41) is 0. The number of hydrogen-bond donors (Lipinski definition) is 0. The number of benzene rings is 2. The van der Waals surface area contributed by atoms with Gasteiger partial charge >= 0.3 is 11.8 Å². The van der Waals surface area contributed by atoms with Crippen molar-refractivity contribution in [1.82, 2.24) is 0 Å². The minimum atomic E-state index is -5.03. The van der Waals surface area contributed by atoms with Crippen LogP contribution >= 0.6 is 0 Å². The summed E-state index contributed by atoms with van der Waals surface area (Å²) in [6, 6.07) is 4.85. The van der Waals surface area contributed by atoms with Crippen molar-refractivity contribution in [3.8, 4) is 5.75 Å². The molecule has 2 aliphatic rings. The molecular formula is C29H28F8O. The molecule has 4 rings (SSSR count). The Hall–Kier alpha value is -2.84. The smallest absolute Gasteiger partial charge is 0.342 e. The molecule has 0 heterocycles.